The molecule has 0 saturated carbocycles. The third-order valence-corrected chi connectivity index (χ3v) is 8.43. The Kier molecular flexibility index (Phi) is 5.47. The molecule has 4 nitrogen and oxygen atoms in total. The first-order chi connectivity index (χ1) is 27.2. The van der Waals surface area contributed by atoms with Crippen molar-refractivity contribution in [1.82, 2.24) is 15.0 Å². The quantitative estimate of drug-likeness (QED) is 0.183. The van der Waals surface area contributed by atoms with E-state index in [9.17, 15) is 0 Å². The minimum absolute atomic E-state index is 0.0146. The summed E-state index contributed by atoms with van der Waals surface area (Å²) < 4.78 is 65.7. The van der Waals surface area contributed by atoms with Crippen LogP contribution in [0.25, 0.3) is 89.5 Å². The van der Waals surface area contributed by atoms with Crippen molar-refractivity contribution in [2.24, 2.45) is 0 Å². The van der Waals surface area contributed by atoms with Crippen LogP contribution in [0.3, 0.4) is 0 Å². The maximum absolute atomic E-state index is 9.17. The van der Waals surface area contributed by atoms with E-state index in [0.29, 0.717) is 28.6 Å². The van der Waals surface area contributed by atoms with Crippen LogP contribution in [0.1, 0.15) is 9.60 Å². The lowest BCUT2D eigenvalue weighted by Crippen LogP contribution is -2.00. The third kappa shape index (κ3) is 5.56. The molecule has 0 aliphatic carbocycles. The van der Waals surface area contributed by atoms with E-state index in [4.69, 9.17) is 29.0 Å². The van der Waals surface area contributed by atoms with E-state index in [-0.39, 0.29) is 51.7 Å². The maximum atomic E-state index is 9.17. The lowest BCUT2D eigenvalue weighted by atomic mass is 10.0. The normalized spacial score (nSPS) is 13.3. The Morgan fingerprint density at radius 1 is 0.367 bits per heavy atom. The Labute approximate surface area is 293 Å². The fourth-order valence-electron chi connectivity index (χ4n) is 5.91. The van der Waals surface area contributed by atoms with Gasteiger partial charge in [0.1, 0.15) is 11.2 Å². The Balaban J connectivity index is 1.16. The average molecular weight is 635 g/mol. The Morgan fingerprint density at radius 2 is 0.837 bits per heavy atom. The molecule has 9 aromatic rings. The monoisotopic (exact) mass is 634 g/mol. The second kappa shape index (κ2) is 12.2. The minimum Gasteiger partial charge on any atom is -0.456 e. The van der Waals surface area contributed by atoms with Crippen molar-refractivity contribution in [3.05, 3.63) is 176 Å². The van der Waals surface area contributed by atoms with Crippen molar-refractivity contribution in [3.8, 4) is 67.5 Å². The zero-order valence-electron chi connectivity index (χ0n) is 33.0. The molecule has 0 N–H and O–H groups in total. The molecule has 230 valence electrons. The van der Waals surface area contributed by atoms with Gasteiger partial charge in [-0.25, -0.2) is 15.0 Å². The highest BCUT2D eigenvalue weighted by molar-refractivity contribution is 6.06. The van der Waals surface area contributed by atoms with Crippen molar-refractivity contribution in [3.63, 3.8) is 0 Å². The van der Waals surface area contributed by atoms with Crippen LogP contribution >= 0.6 is 0 Å². The summed E-state index contributed by atoms with van der Waals surface area (Å²) in [5, 5.41) is 0.0793. The van der Waals surface area contributed by atoms with Gasteiger partial charge in [-0.15, -0.1) is 0 Å². The van der Waals surface area contributed by atoms with Gasteiger partial charge in [-0.2, -0.15) is 0 Å². The van der Waals surface area contributed by atoms with Crippen molar-refractivity contribution >= 4 is 21.9 Å². The molecule has 0 aliphatic heterocycles. The van der Waals surface area contributed by atoms with Crippen LogP contribution in [0.4, 0.5) is 0 Å². The lowest BCUT2D eigenvalue weighted by Gasteiger charge is -2.11. The predicted octanol–water partition coefficient (Wildman–Crippen LogP) is 11.8. The van der Waals surface area contributed by atoms with E-state index in [1.807, 2.05) is 78.9 Å². The molecule has 7 aromatic carbocycles. The van der Waals surface area contributed by atoms with Crippen molar-refractivity contribution in [1.29, 1.82) is 0 Å². The number of benzene rings is 7. The first kappa shape index (κ1) is 22.0. The number of nitrogens with zero attached hydrogens (tertiary/aromatic N) is 3. The second-order valence-electron chi connectivity index (χ2n) is 11.5. The molecule has 0 atom stereocenters. The highest BCUT2D eigenvalue weighted by Crippen LogP contribution is 2.34. The van der Waals surface area contributed by atoms with Gasteiger partial charge in [0.05, 0.1) is 9.60 Å². The van der Waals surface area contributed by atoms with E-state index in [0.717, 1.165) is 33.4 Å². The molecule has 0 bridgehead atoms. The molecule has 0 aliphatic rings. The van der Waals surface area contributed by atoms with Crippen molar-refractivity contribution in [2.75, 3.05) is 0 Å². The number of para-hydroxylation sites is 1. The topological polar surface area (TPSA) is 51.8 Å². The fourth-order valence-corrected chi connectivity index (χ4v) is 5.91. The zero-order chi connectivity index (χ0) is 38.7. The SMILES string of the molecule is [2H]c1c([2H])c([2H])c2c(oc3c([2H])c([2H])c(-c4ccc(-c5nc(-c6ccc(-c7ccccc7)cc6)nc(-c6cccc(-c7ccccc7)c6)n5)cc4)c([2H])c32)c1[2H]. The Bertz CT molecular complexity index is 2970. The molecule has 0 fully saturated rings. The van der Waals surface area contributed by atoms with Crippen molar-refractivity contribution < 1.29 is 14.0 Å². The van der Waals surface area contributed by atoms with Gasteiger partial charge in [0.25, 0.3) is 0 Å². The minimum atomic E-state index is -0.473. The second-order valence-corrected chi connectivity index (χ2v) is 11.5. The summed E-state index contributed by atoms with van der Waals surface area (Å²) >= 11 is 0. The molecular weight excluding hydrogens is 599 g/mol. The molecule has 2 heterocycles. The van der Waals surface area contributed by atoms with Gasteiger partial charge in [0, 0.05) is 27.5 Å². The van der Waals surface area contributed by atoms with Gasteiger partial charge in [-0.05, 0) is 57.6 Å². The predicted molar refractivity (Wildman–Crippen MR) is 200 cm³/mol. The van der Waals surface area contributed by atoms with Crippen LogP contribution in [-0.4, -0.2) is 15.0 Å². The largest absolute Gasteiger partial charge is 0.456 e. The van der Waals surface area contributed by atoms with Crippen LogP contribution < -0.4 is 0 Å². The standard InChI is InChI=1S/C45H29N3O/c1-3-10-30(11-4-1)32-18-22-34(23-19-32)43-46-44(48-45(47-43)38-15-9-14-36(28-38)31-12-5-2-6-13-31)35-24-20-33(21-25-35)37-26-27-42-40(29-37)39-16-7-8-17-41(39)49-42/h1-29H/i7D,8D,16D,17D,26D,27D,29D. The van der Waals surface area contributed by atoms with Gasteiger partial charge in [0.2, 0.25) is 0 Å². The summed E-state index contributed by atoms with van der Waals surface area (Å²) in [5.74, 6) is 1.39. The number of furan rings is 1. The Morgan fingerprint density at radius 3 is 1.49 bits per heavy atom. The summed E-state index contributed by atoms with van der Waals surface area (Å²) in [7, 11) is 0. The van der Waals surface area contributed by atoms with Gasteiger partial charge in [0.15, 0.2) is 17.5 Å². The van der Waals surface area contributed by atoms with Crippen LogP contribution in [0.15, 0.2) is 180 Å². The van der Waals surface area contributed by atoms with Gasteiger partial charge in [-0.1, -0.05) is 152 Å². The number of rotatable bonds is 6. The first-order valence-corrected chi connectivity index (χ1v) is 15.8. The van der Waals surface area contributed by atoms with Gasteiger partial charge < -0.3 is 4.42 Å². The zero-order valence-corrected chi connectivity index (χ0v) is 26.0. The van der Waals surface area contributed by atoms with Crippen molar-refractivity contribution in [2.45, 2.75) is 0 Å². The fraction of sp³-hybridized carbons (Fsp3) is 0. The molecular formula is C45H29N3O. The molecule has 9 rings (SSSR count). The average Bonchev–Trinajstić information content (AvgIpc) is 3.67. The maximum Gasteiger partial charge on any atom is 0.164 e. The summed E-state index contributed by atoms with van der Waals surface area (Å²) in [6.07, 6.45) is 0. The first-order valence-electron chi connectivity index (χ1n) is 19.3. The molecule has 4 heteroatoms. The molecule has 49 heavy (non-hydrogen) atoms. The molecule has 2 aromatic heterocycles. The lowest BCUT2D eigenvalue weighted by molar-refractivity contribution is 0.669. The number of aromatic nitrogens is 3. The molecule has 0 radical (unpaired) electrons. The van der Waals surface area contributed by atoms with Crippen LogP contribution in [0, 0.1) is 0 Å². The van der Waals surface area contributed by atoms with Crippen LogP contribution in [-0.2, 0) is 0 Å². The van der Waals surface area contributed by atoms with E-state index in [1.54, 1.807) is 24.3 Å². The van der Waals surface area contributed by atoms with E-state index in [2.05, 4.69) is 30.3 Å². The highest BCUT2D eigenvalue weighted by Gasteiger charge is 2.14. The van der Waals surface area contributed by atoms with Crippen LogP contribution in [0.5, 0.6) is 0 Å². The highest BCUT2D eigenvalue weighted by atomic mass is 16.3. The third-order valence-electron chi connectivity index (χ3n) is 8.43. The molecule has 0 unspecified atom stereocenters. The van der Waals surface area contributed by atoms with E-state index < -0.39 is 18.1 Å². The summed E-state index contributed by atoms with van der Waals surface area (Å²) in [6.45, 7) is 0. The van der Waals surface area contributed by atoms with Crippen LogP contribution in [0.2, 0.25) is 0 Å². The van der Waals surface area contributed by atoms with E-state index in [1.165, 1.54) is 0 Å². The smallest absolute Gasteiger partial charge is 0.164 e. The molecule has 0 saturated heterocycles. The molecule has 0 amide bonds. The number of fused-ring (bicyclic) bond motifs is 3. The van der Waals surface area contributed by atoms with Gasteiger partial charge >= 0.3 is 0 Å². The van der Waals surface area contributed by atoms with Gasteiger partial charge in [-0.3, -0.25) is 0 Å². The van der Waals surface area contributed by atoms with E-state index >= 15 is 0 Å². The number of hydrogen-bond donors (Lipinski definition) is 0. The summed E-state index contributed by atoms with van der Waals surface area (Å²) in [6, 6.07) is 41.0. The molecule has 0 spiro atoms. The summed E-state index contributed by atoms with van der Waals surface area (Å²) in [5.41, 5.74) is 6.87. The summed E-state index contributed by atoms with van der Waals surface area (Å²) in [4.78, 5) is 14.8. The Hall–Kier alpha value is -6.65. The number of hydrogen-bond acceptors (Lipinski definition) is 4.